The molecule has 0 saturated carbocycles. The van der Waals surface area contributed by atoms with Crippen LogP contribution < -0.4 is 10.2 Å². The van der Waals surface area contributed by atoms with E-state index in [0.717, 1.165) is 11.4 Å². The number of nitrogens with one attached hydrogen (secondary N) is 1. The lowest BCUT2D eigenvalue weighted by Gasteiger charge is -2.26. The molecular weight excluding hydrogens is 307 g/mol. The van der Waals surface area contributed by atoms with Crippen molar-refractivity contribution in [3.05, 3.63) is 59.5 Å². The van der Waals surface area contributed by atoms with Gasteiger partial charge in [0.15, 0.2) is 0 Å². The molecule has 2 amide bonds. The van der Waals surface area contributed by atoms with Gasteiger partial charge in [0.2, 0.25) is 0 Å². The molecule has 2 rings (SSSR count). The van der Waals surface area contributed by atoms with Crippen molar-refractivity contribution in [1.29, 1.82) is 0 Å². The lowest BCUT2D eigenvalue weighted by atomic mass is 10.1. The van der Waals surface area contributed by atoms with E-state index in [-0.39, 0.29) is 17.9 Å². The number of urea groups is 1. The topological polar surface area (TPSA) is 48.5 Å². The molecule has 6 heteroatoms. The molecule has 0 unspecified atom stereocenters. The first-order valence-corrected chi connectivity index (χ1v) is 7.77. The predicted octanol–water partition coefficient (Wildman–Crippen LogP) is 3.19. The van der Waals surface area contributed by atoms with Crippen molar-refractivity contribution in [2.45, 2.75) is 19.5 Å². The summed E-state index contributed by atoms with van der Waals surface area (Å²) in [5, 5.41) is 2.85. The highest BCUT2D eigenvalue weighted by atomic mass is 19.1. The Hall–Kier alpha value is -2.63. The van der Waals surface area contributed by atoms with Crippen LogP contribution in [0.5, 0.6) is 0 Å². The molecule has 24 heavy (non-hydrogen) atoms. The van der Waals surface area contributed by atoms with E-state index in [0.29, 0.717) is 12.1 Å². The molecule has 1 atom stereocenters. The van der Waals surface area contributed by atoms with E-state index in [4.69, 9.17) is 0 Å². The minimum absolute atomic E-state index is 0.256. The van der Waals surface area contributed by atoms with Crippen molar-refractivity contribution < 1.29 is 9.18 Å². The number of hydrogen-bond acceptors (Lipinski definition) is 3. The Morgan fingerprint density at radius 2 is 1.96 bits per heavy atom. The summed E-state index contributed by atoms with van der Waals surface area (Å²) in [5.41, 5.74) is 1.45. The molecule has 0 spiro atoms. The SMILES string of the molecule is C[C@H](c1ccccc1F)N(C)C(=O)NCc1ccnc(N(C)C)c1. The van der Waals surface area contributed by atoms with Crippen molar-refractivity contribution in [3.8, 4) is 0 Å². The van der Waals surface area contributed by atoms with Crippen molar-refractivity contribution in [2.24, 2.45) is 0 Å². The molecule has 1 aromatic carbocycles. The zero-order valence-corrected chi connectivity index (χ0v) is 14.5. The van der Waals surface area contributed by atoms with E-state index in [1.165, 1.54) is 11.0 Å². The maximum absolute atomic E-state index is 13.9. The molecule has 1 N–H and O–H groups in total. The lowest BCUT2D eigenvalue weighted by Crippen LogP contribution is -2.38. The van der Waals surface area contributed by atoms with E-state index >= 15 is 0 Å². The third kappa shape index (κ3) is 4.22. The Balaban J connectivity index is 1.99. The molecule has 5 nitrogen and oxygen atoms in total. The Morgan fingerprint density at radius 1 is 1.25 bits per heavy atom. The summed E-state index contributed by atoms with van der Waals surface area (Å²) in [6.45, 7) is 2.19. The number of nitrogens with zero attached hydrogens (tertiary/aromatic N) is 3. The maximum atomic E-state index is 13.9. The average Bonchev–Trinajstić information content (AvgIpc) is 2.59. The van der Waals surface area contributed by atoms with Gasteiger partial charge in [0.05, 0.1) is 6.04 Å². The largest absolute Gasteiger partial charge is 0.363 e. The molecule has 1 aromatic heterocycles. The van der Waals surface area contributed by atoms with Gasteiger partial charge in [-0.3, -0.25) is 0 Å². The fraction of sp³-hybridized carbons (Fsp3) is 0.333. The second kappa shape index (κ2) is 7.77. The molecule has 0 saturated heterocycles. The van der Waals surface area contributed by atoms with Crippen molar-refractivity contribution >= 4 is 11.8 Å². The summed E-state index contributed by atoms with van der Waals surface area (Å²) in [6, 6.07) is 9.65. The van der Waals surface area contributed by atoms with Gasteiger partial charge in [-0.1, -0.05) is 18.2 Å². The molecular formula is C18H23FN4O. The van der Waals surface area contributed by atoms with Crippen LogP contribution >= 0.6 is 0 Å². The smallest absolute Gasteiger partial charge is 0.317 e. The van der Waals surface area contributed by atoms with Crippen molar-refractivity contribution in [3.63, 3.8) is 0 Å². The van der Waals surface area contributed by atoms with Gasteiger partial charge in [0, 0.05) is 39.4 Å². The molecule has 0 aliphatic carbocycles. The molecule has 0 fully saturated rings. The van der Waals surface area contributed by atoms with E-state index in [2.05, 4.69) is 10.3 Å². The zero-order chi connectivity index (χ0) is 17.7. The van der Waals surface area contributed by atoms with Crippen LogP contribution in [-0.2, 0) is 6.54 Å². The van der Waals surface area contributed by atoms with Crippen LogP contribution in [0.3, 0.4) is 0 Å². The van der Waals surface area contributed by atoms with Crippen LogP contribution in [0.1, 0.15) is 24.1 Å². The molecule has 2 aromatic rings. The lowest BCUT2D eigenvalue weighted by molar-refractivity contribution is 0.193. The van der Waals surface area contributed by atoms with Gasteiger partial charge in [0.25, 0.3) is 0 Å². The molecule has 0 aliphatic heterocycles. The molecule has 1 heterocycles. The van der Waals surface area contributed by atoms with Crippen LogP contribution in [0.4, 0.5) is 15.0 Å². The Labute approximate surface area is 142 Å². The number of rotatable bonds is 5. The number of pyridine rings is 1. The fourth-order valence-electron chi connectivity index (χ4n) is 2.32. The van der Waals surface area contributed by atoms with Gasteiger partial charge in [-0.05, 0) is 30.7 Å². The summed E-state index contributed by atoms with van der Waals surface area (Å²) in [5.74, 6) is 0.518. The van der Waals surface area contributed by atoms with Crippen molar-refractivity contribution in [2.75, 3.05) is 26.0 Å². The van der Waals surface area contributed by atoms with Gasteiger partial charge in [-0.25, -0.2) is 14.2 Å². The monoisotopic (exact) mass is 330 g/mol. The minimum atomic E-state index is -0.360. The van der Waals surface area contributed by atoms with Crippen LogP contribution in [-0.4, -0.2) is 37.1 Å². The highest BCUT2D eigenvalue weighted by Crippen LogP contribution is 2.21. The number of carbonyl (C=O) groups is 1. The average molecular weight is 330 g/mol. The Morgan fingerprint density at radius 3 is 2.62 bits per heavy atom. The third-order valence-corrected chi connectivity index (χ3v) is 3.97. The third-order valence-electron chi connectivity index (χ3n) is 3.97. The van der Waals surface area contributed by atoms with Gasteiger partial charge in [0.1, 0.15) is 11.6 Å². The Kier molecular flexibility index (Phi) is 5.73. The molecule has 0 radical (unpaired) electrons. The number of hydrogen-bond donors (Lipinski definition) is 1. The quantitative estimate of drug-likeness (QED) is 0.916. The highest BCUT2D eigenvalue weighted by molar-refractivity contribution is 5.74. The summed E-state index contributed by atoms with van der Waals surface area (Å²) in [6.07, 6.45) is 1.71. The first-order chi connectivity index (χ1) is 11.4. The zero-order valence-electron chi connectivity index (χ0n) is 14.5. The van der Waals surface area contributed by atoms with Gasteiger partial charge in [-0.2, -0.15) is 0 Å². The summed E-state index contributed by atoms with van der Waals surface area (Å²) in [7, 11) is 5.48. The first kappa shape index (κ1) is 17.7. The van der Waals surface area contributed by atoms with Crippen LogP contribution in [0.15, 0.2) is 42.6 Å². The van der Waals surface area contributed by atoms with Gasteiger partial charge in [-0.15, -0.1) is 0 Å². The number of amides is 2. The summed E-state index contributed by atoms with van der Waals surface area (Å²) < 4.78 is 13.9. The standard InChI is InChI=1S/C18H23FN4O/c1-13(15-7-5-6-8-16(15)19)23(4)18(24)21-12-14-9-10-20-17(11-14)22(2)3/h5-11,13H,12H2,1-4H3,(H,21,24)/t13-/m1/s1. The minimum Gasteiger partial charge on any atom is -0.363 e. The molecule has 0 aliphatic rings. The number of anilines is 1. The maximum Gasteiger partial charge on any atom is 0.317 e. The van der Waals surface area contributed by atoms with Crippen LogP contribution in [0.2, 0.25) is 0 Å². The summed E-state index contributed by atoms with van der Waals surface area (Å²) >= 11 is 0. The van der Waals surface area contributed by atoms with Gasteiger partial charge >= 0.3 is 6.03 Å². The Bertz CT molecular complexity index is 705. The summed E-state index contributed by atoms with van der Waals surface area (Å²) in [4.78, 5) is 20.0. The second-order valence-corrected chi connectivity index (χ2v) is 5.88. The number of aromatic nitrogens is 1. The fourth-order valence-corrected chi connectivity index (χ4v) is 2.32. The van der Waals surface area contributed by atoms with Crippen LogP contribution in [0, 0.1) is 5.82 Å². The van der Waals surface area contributed by atoms with E-state index in [1.54, 1.807) is 38.4 Å². The number of halogens is 1. The normalized spacial score (nSPS) is 11.7. The van der Waals surface area contributed by atoms with E-state index < -0.39 is 0 Å². The molecule has 0 bridgehead atoms. The predicted molar refractivity (Wildman–Crippen MR) is 93.4 cm³/mol. The number of carbonyl (C=O) groups excluding carboxylic acids is 1. The van der Waals surface area contributed by atoms with E-state index in [1.807, 2.05) is 31.1 Å². The van der Waals surface area contributed by atoms with Crippen molar-refractivity contribution in [1.82, 2.24) is 15.2 Å². The molecule has 128 valence electrons. The van der Waals surface area contributed by atoms with E-state index in [9.17, 15) is 9.18 Å². The number of benzene rings is 1. The van der Waals surface area contributed by atoms with Crippen LogP contribution in [0.25, 0.3) is 0 Å². The highest BCUT2D eigenvalue weighted by Gasteiger charge is 2.19. The van der Waals surface area contributed by atoms with Gasteiger partial charge < -0.3 is 15.1 Å². The first-order valence-electron chi connectivity index (χ1n) is 7.77. The second-order valence-electron chi connectivity index (χ2n) is 5.88.